The van der Waals surface area contributed by atoms with Gasteiger partial charge in [0.1, 0.15) is 5.82 Å². The Kier molecular flexibility index (Phi) is 4.06. The molecular weight excluding hydrogens is 265 g/mol. The zero-order valence-corrected chi connectivity index (χ0v) is 12.0. The maximum absolute atomic E-state index is 13.2. The van der Waals surface area contributed by atoms with Gasteiger partial charge in [-0.15, -0.1) is 0 Å². The largest absolute Gasteiger partial charge is 0.397 e. The lowest BCUT2D eigenvalue weighted by atomic mass is 10.1. The van der Waals surface area contributed by atoms with E-state index in [9.17, 15) is 4.39 Å². The van der Waals surface area contributed by atoms with Crippen LogP contribution in [0.2, 0.25) is 0 Å². The van der Waals surface area contributed by atoms with Gasteiger partial charge in [-0.1, -0.05) is 24.3 Å². The number of piperazine rings is 1. The van der Waals surface area contributed by atoms with Gasteiger partial charge in [0.15, 0.2) is 0 Å². The average Bonchev–Trinajstić information content (AvgIpc) is 2.49. The molecule has 2 aromatic carbocycles. The Balaban J connectivity index is 1.59. The second kappa shape index (κ2) is 6.14. The van der Waals surface area contributed by atoms with Gasteiger partial charge >= 0.3 is 0 Å². The number of hydrogen-bond acceptors (Lipinski definition) is 3. The normalized spacial score (nSPS) is 16.1. The first-order valence-corrected chi connectivity index (χ1v) is 7.28. The predicted molar refractivity (Wildman–Crippen MR) is 84.7 cm³/mol. The molecule has 2 aromatic rings. The zero-order chi connectivity index (χ0) is 14.7. The van der Waals surface area contributed by atoms with Gasteiger partial charge in [0.2, 0.25) is 0 Å². The highest BCUT2D eigenvalue weighted by Crippen LogP contribution is 2.23. The maximum Gasteiger partial charge on any atom is 0.123 e. The maximum atomic E-state index is 13.2. The number of rotatable bonds is 3. The quantitative estimate of drug-likeness (QED) is 0.880. The van der Waals surface area contributed by atoms with Crippen molar-refractivity contribution in [2.75, 3.05) is 36.8 Å². The number of para-hydroxylation sites is 2. The van der Waals surface area contributed by atoms with E-state index in [0.29, 0.717) is 0 Å². The number of anilines is 2. The van der Waals surface area contributed by atoms with Crippen LogP contribution in [-0.4, -0.2) is 31.1 Å². The summed E-state index contributed by atoms with van der Waals surface area (Å²) in [7, 11) is 0. The first kappa shape index (κ1) is 13.9. The Bertz CT molecular complexity index is 606. The zero-order valence-electron chi connectivity index (χ0n) is 12.0. The molecule has 0 aromatic heterocycles. The van der Waals surface area contributed by atoms with Crippen LogP contribution in [0.15, 0.2) is 48.5 Å². The second-order valence-corrected chi connectivity index (χ2v) is 5.45. The Hall–Kier alpha value is -2.07. The number of halogens is 1. The standard InChI is InChI=1S/C17H20FN3/c18-15-5-3-4-14(12-15)13-20-8-10-21(11-9-20)17-7-2-1-6-16(17)19/h1-7,12H,8-11,13,19H2. The number of nitrogens with zero attached hydrogens (tertiary/aromatic N) is 2. The van der Waals surface area contributed by atoms with Crippen LogP contribution in [-0.2, 0) is 6.54 Å². The van der Waals surface area contributed by atoms with E-state index >= 15 is 0 Å². The minimum absolute atomic E-state index is 0.164. The van der Waals surface area contributed by atoms with E-state index < -0.39 is 0 Å². The van der Waals surface area contributed by atoms with Crippen LogP contribution in [0.25, 0.3) is 0 Å². The van der Waals surface area contributed by atoms with Crippen LogP contribution in [0.1, 0.15) is 5.56 Å². The molecule has 0 saturated carbocycles. The van der Waals surface area contributed by atoms with Gasteiger partial charge in [-0.25, -0.2) is 4.39 Å². The molecule has 0 aliphatic carbocycles. The average molecular weight is 285 g/mol. The molecule has 0 atom stereocenters. The predicted octanol–water partition coefficient (Wildman–Crippen LogP) is 2.73. The fraction of sp³-hybridized carbons (Fsp3) is 0.294. The Morgan fingerprint density at radius 1 is 0.952 bits per heavy atom. The molecule has 1 aliphatic rings. The lowest BCUT2D eigenvalue weighted by Gasteiger charge is -2.36. The number of nitrogens with two attached hydrogens (primary N) is 1. The van der Waals surface area contributed by atoms with Crippen molar-refractivity contribution >= 4 is 11.4 Å². The van der Waals surface area contributed by atoms with Crippen molar-refractivity contribution in [1.29, 1.82) is 0 Å². The molecule has 1 aliphatic heterocycles. The molecule has 0 bridgehead atoms. The molecule has 3 nitrogen and oxygen atoms in total. The summed E-state index contributed by atoms with van der Waals surface area (Å²) in [6.07, 6.45) is 0. The molecule has 4 heteroatoms. The lowest BCUT2D eigenvalue weighted by molar-refractivity contribution is 0.249. The van der Waals surface area contributed by atoms with Gasteiger partial charge in [-0.2, -0.15) is 0 Å². The van der Waals surface area contributed by atoms with Crippen molar-refractivity contribution in [2.45, 2.75) is 6.54 Å². The van der Waals surface area contributed by atoms with Gasteiger partial charge in [-0.05, 0) is 29.8 Å². The molecule has 0 spiro atoms. The van der Waals surface area contributed by atoms with Gasteiger partial charge in [0.05, 0.1) is 11.4 Å². The Labute approximate surface area is 124 Å². The molecule has 2 N–H and O–H groups in total. The van der Waals surface area contributed by atoms with E-state index in [4.69, 9.17) is 5.73 Å². The summed E-state index contributed by atoms with van der Waals surface area (Å²) in [6, 6.07) is 14.8. The van der Waals surface area contributed by atoms with E-state index in [2.05, 4.69) is 15.9 Å². The topological polar surface area (TPSA) is 32.5 Å². The molecule has 0 unspecified atom stereocenters. The fourth-order valence-corrected chi connectivity index (χ4v) is 2.82. The van der Waals surface area contributed by atoms with Crippen molar-refractivity contribution in [3.8, 4) is 0 Å². The molecule has 110 valence electrons. The van der Waals surface area contributed by atoms with Crippen LogP contribution in [0.4, 0.5) is 15.8 Å². The van der Waals surface area contributed by atoms with Crippen molar-refractivity contribution in [2.24, 2.45) is 0 Å². The summed E-state index contributed by atoms with van der Waals surface area (Å²) in [5.74, 6) is -0.164. The van der Waals surface area contributed by atoms with E-state index in [0.717, 1.165) is 49.7 Å². The molecule has 21 heavy (non-hydrogen) atoms. The Morgan fingerprint density at radius 2 is 1.71 bits per heavy atom. The molecular formula is C17H20FN3. The third kappa shape index (κ3) is 3.34. The monoisotopic (exact) mass is 285 g/mol. The highest BCUT2D eigenvalue weighted by molar-refractivity contribution is 5.67. The molecule has 1 saturated heterocycles. The highest BCUT2D eigenvalue weighted by atomic mass is 19.1. The van der Waals surface area contributed by atoms with Gasteiger partial charge in [-0.3, -0.25) is 4.90 Å². The number of nitrogen functional groups attached to an aromatic ring is 1. The summed E-state index contributed by atoms with van der Waals surface area (Å²) in [6.45, 7) is 4.62. The number of hydrogen-bond donors (Lipinski definition) is 1. The summed E-state index contributed by atoms with van der Waals surface area (Å²) in [5, 5.41) is 0. The summed E-state index contributed by atoms with van der Waals surface area (Å²) >= 11 is 0. The van der Waals surface area contributed by atoms with Crippen molar-refractivity contribution in [3.63, 3.8) is 0 Å². The molecule has 1 heterocycles. The first-order valence-electron chi connectivity index (χ1n) is 7.28. The van der Waals surface area contributed by atoms with E-state index in [1.54, 1.807) is 12.1 Å². The summed E-state index contributed by atoms with van der Waals surface area (Å²) in [5.41, 5.74) is 9.00. The minimum atomic E-state index is -0.164. The molecule has 0 radical (unpaired) electrons. The van der Waals surface area contributed by atoms with E-state index in [1.807, 2.05) is 24.3 Å². The van der Waals surface area contributed by atoms with Crippen molar-refractivity contribution in [1.82, 2.24) is 4.90 Å². The molecule has 0 amide bonds. The summed E-state index contributed by atoms with van der Waals surface area (Å²) < 4.78 is 13.2. The summed E-state index contributed by atoms with van der Waals surface area (Å²) in [4.78, 5) is 4.67. The SMILES string of the molecule is Nc1ccccc1N1CCN(Cc2cccc(F)c2)CC1. The van der Waals surface area contributed by atoms with Crippen LogP contribution in [0, 0.1) is 5.82 Å². The van der Waals surface area contributed by atoms with Crippen molar-refractivity contribution < 1.29 is 4.39 Å². The van der Waals surface area contributed by atoms with Crippen LogP contribution in [0.5, 0.6) is 0 Å². The van der Waals surface area contributed by atoms with Gasteiger partial charge < -0.3 is 10.6 Å². The smallest absolute Gasteiger partial charge is 0.123 e. The van der Waals surface area contributed by atoms with Crippen LogP contribution in [0.3, 0.4) is 0 Å². The van der Waals surface area contributed by atoms with Gasteiger partial charge in [0.25, 0.3) is 0 Å². The third-order valence-corrected chi connectivity index (χ3v) is 3.94. The highest BCUT2D eigenvalue weighted by Gasteiger charge is 2.18. The van der Waals surface area contributed by atoms with Crippen LogP contribution >= 0.6 is 0 Å². The van der Waals surface area contributed by atoms with Gasteiger partial charge in [0, 0.05) is 32.7 Å². The second-order valence-electron chi connectivity index (χ2n) is 5.45. The Morgan fingerprint density at radius 3 is 2.43 bits per heavy atom. The number of benzene rings is 2. The fourth-order valence-electron chi connectivity index (χ4n) is 2.82. The van der Waals surface area contributed by atoms with Crippen LogP contribution < -0.4 is 10.6 Å². The first-order chi connectivity index (χ1) is 10.2. The lowest BCUT2D eigenvalue weighted by Crippen LogP contribution is -2.46. The van der Waals surface area contributed by atoms with E-state index in [-0.39, 0.29) is 5.82 Å². The third-order valence-electron chi connectivity index (χ3n) is 3.94. The van der Waals surface area contributed by atoms with E-state index in [1.165, 1.54) is 6.07 Å². The minimum Gasteiger partial charge on any atom is -0.397 e. The molecule has 1 fully saturated rings. The molecule has 3 rings (SSSR count). The van der Waals surface area contributed by atoms with Crippen molar-refractivity contribution in [3.05, 3.63) is 59.9 Å².